The van der Waals surface area contributed by atoms with Crippen molar-refractivity contribution in [2.45, 2.75) is 38.1 Å². The first-order valence-electron chi connectivity index (χ1n) is 8.94. The van der Waals surface area contributed by atoms with Crippen LogP contribution in [-0.2, 0) is 4.74 Å². The maximum Gasteiger partial charge on any atom is 0.317 e. The molecule has 4 rings (SSSR count). The number of hydrogen-bond donors (Lipinski definition) is 1. The molecule has 1 aliphatic carbocycles. The number of nitrogens with one attached hydrogen (secondary N) is 1. The van der Waals surface area contributed by atoms with Gasteiger partial charge in [-0.1, -0.05) is 36.8 Å². The van der Waals surface area contributed by atoms with Crippen molar-refractivity contribution in [1.82, 2.24) is 10.2 Å². The third kappa shape index (κ3) is 2.97. The van der Waals surface area contributed by atoms with Gasteiger partial charge in [0.2, 0.25) is 0 Å². The minimum atomic E-state index is 0.106. The third-order valence-corrected chi connectivity index (χ3v) is 5.97. The van der Waals surface area contributed by atoms with E-state index < -0.39 is 0 Å². The predicted molar refractivity (Wildman–Crippen MR) is 89.1 cm³/mol. The number of likely N-dealkylation sites (tertiary alicyclic amines) is 1. The second-order valence-electron chi connectivity index (χ2n) is 7.50. The molecule has 1 saturated carbocycles. The van der Waals surface area contributed by atoms with Gasteiger partial charge in [0.05, 0.1) is 12.6 Å². The van der Waals surface area contributed by atoms with Gasteiger partial charge < -0.3 is 15.0 Å². The minimum Gasteiger partial charge on any atom is -0.381 e. The topological polar surface area (TPSA) is 41.6 Å². The van der Waals surface area contributed by atoms with Crippen molar-refractivity contribution in [3.05, 3.63) is 35.9 Å². The molecule has 4 heteroatoms. The van der Waals surface area contributed by atoms with Gasteiger partial charge in [-0.2, -0.15) is 0 Å². The van der Waals surface area contributed by atoms with Gasteiger partial charge in [0.25, 0.3) is 0 Å². The maximum absolute atomic E-state index is 12.8. The molecular weight excluding hydrogens is 288 g/mol. The van der Waals surface area contributed by atoms with E-state index >= 15 is 0 Å². The zero-order chi connectivity index (χ0) is 15.7. The van der Waals surface area contributed by atoms with Crippen LogP contribution in [0.25, 0.3) is 0 Å². The lowest BCUT2D eigenvalue weighted by Gasteiger charge is -2.35. The summed E-state index contributed by atoms with van der Waals surface area (Å²) in [5.41, 5.74) is 1.47. The van der Waals surface area contributed by atoms with Crippen LogP contribution in [0.5, 0.6) is 0 Å². The van der Waals surface area contributed by atoms with E-state index in [1.807, 2.05) is 11.0 Å². The first-order chi connectivity index (χ1) is 11.3. The fraction of sp³-hybridized carbons (Fsp3) is 0.632. The second kappa shape index (κ2) is 6.16. The zero-order valence-corrected chi connectivity index (χ0v) is 13.7. The number of ether oxygens (including phenoxy) is 1. The molecule has 0 bridgehead atoms. The molecule has 0 radical (unpaired) electrons. The Morgan fingerprint density at radius 2 is 2.09 bits per heavy atom. The lowest BCUT2D eigenvalue weighted by atomic mass is 9.77. The van der Waals surface area contributed by atoms with Gasteiger partial charge in [0, 0.05) is 25.1 Å². The van der Waals surface area contributed by atoms with E-state index in [0.717, 1.165) is 39.1 Å². The molecule has 1 aromatic carbocycles. The van der Waals surface area contributed by atoms with Crippen LogP contribution in [-0.4, -0.2) is 37.2 Å². The molecular formula is C19H26N2O2. The summed E-state index contributed by atoms with van der Waals surface area (Å²) in [5, 5.41) is 3.33. The smallest absolute Gasteiger partial charge is 0.317 e. The van der Waals surface area contributed by atoms with Gasteiger partial charge in [-0.15, -0.1) is 0 Å². The first kappa shape index (κ1) is 15.0. The number of urea groups is 1. The van der Waals surface area contributed by atoms with Crippen molar-refractivity contribution in [2.24, 2.45) is 11.3 Å². The van der Waals surface area contributed by atoms with Crippen LogP contribution >= 0.6 is 0 Å². The molecule has 2 amide bonds. The molecule has 3 aliphatic rings. The minimum absolute atomic E-state index is 0.106. The summed E-state index contributed by atoms with van der Waals surface area (Å²) >= 11 is 0. The standard InChI is InChI=1S/C19H26N2O2/c22-18(21-11-9-19(13-21)10-12-23-14-19)20-17(16-7-4-8-16)15-5-2-1-3-6-15/h1-3,5-6,16-17H,4,7-14H2,(H,20,22)/t17-,19+/m1/s1. The quantitative estimate of drug-likeness (QED) is 0.929. The number of carbonyl (C=O) groups is 1. The molecule has 2 atom stereocenters. The molecule has 124 valence electrons. The lowest BCUT2D eigenvalue weighted by molar-refractivity contribution is 0.150. The van der Waals surface area contributed by atoms with Gasteiger partial charge in [0.15, 0.2) is 0 Å². The summed E-state index contributed by atoms with van der Waals surface area (Å²) in [6.07, 6.45) is 5.91. The van der Waals surface area contributed by atoms with E-state index in [0.29, 0.717) is 5.92 Å². The highest BCUT2D eigenvalue weighted by molar-refractivity contribution is 5.75. The molecule has 0 unspecified atom stereocenters. The molecule has 1 N–H and O–H groups in total. The zero-order valence-electron chi connectivity index (χ0n) is 13.7. The summed E-state index contributed by atoms with van der Waals surface area (Å²) in [7, 11) is 0. The largest absolute Gasteiger partial charge is 0.381 e. The molecule has 3 fully saturated rings. The second-order valence-corrected chi connectivity index (χ2v) is 7.50. The Hall–Kier alpha value is -1.55. The molecule has 23 heavy (non-hydrogen) atoms. The number of nitrogens with zero attached hydrogens (tertiary/aromatic N) is 1. The average Bonchev–Trinajstić information content (AvgIpc) is 3.16. The Labute approximate surface area is 138 Å². The van der Waals surface area contributed by atoms with E-state index in [9.17, 15) is 4.79 Å². The van der Waals surface area contributed by atoms with Crippen LogP contribution in [0.4, 0.5) is 4.79 Å². The Balaban J connectivity index is 1.43. The van der Waals surface area contributed by atoms with Crippen molar-refractivity contribution in [2.75, 3.05) is 26.3 Å². The number of hydrogen-bond acceptors (Lipinski definition) is 2. The summed E-state index contributed by atoms with van der Waals surface area (Å²) in [4.78, 5) is 14.8. The fourth-order valence-corrected chi connectivity index (χ4v) is 4.21. The van der Waals surface area contributed by atoms with Gasteiger partial charge >= 0.3 is 6.03 Å². The lowest BCUT2D eigenvalue weighted by Crippen LogP contribution is -2.44. The summed E-state index contributed by atoms with van der Waals surface area (Å²) in [6.45, 7) is 3.39. The third-order valence-electron chi connectivity index (χ3n) is 5.97. The summed E-state index contributed by atoms with van der Waals surface area (Å²) in [5.74, 6) is 0.590. The van der Waals surface area contributed by atoms with E-state index in [2.05, 4.69) is 29.6 Å². The van der Waals surface area contributed by atoms with Crippen LogP contribution in [0, 0.1) is 11.3 Å². The van der Waals surface area contributed by atoms with Gasteiger partial charge in [-0.25, -0.2) is 4.79 Å². The number of benzene rings is 1. The highest BCUT2D eigenvalue weighted by atomic mass is 16.5. The molecule has 0 aromatic heterocycles. The van der Waals surface area contributed by atoms with Crippen LogP contribution in [0.1, 0.15) is 43.7 Å². The van der Waals surface area contributed by atoms with Crippen molar-refractivity contribution in [1.29, 1.82) is 0 Å². The first-order valence-corrected chi connectivity index (χ1v) is 8.94. The van der Waals surface area contributed by atoms with Crippen LogP contribution in [0.15, 0.2) is 30.3 Å². The van der Waals surface area contributed by atoms with E-state index in [4.69, 9.17) is 4.74 Å². The van der Waals surface area contributed by atoms with Crippen molar-refractivity contribution in [3.63, 3.8) is 0 Å². The number of rotatable bonds is 3. The molecule has 2 saturated heterocycles. The van der Waals surface area contributed by atoms with Gasteiger partial charge in [0.1, 0.15) is 0 Å². The van der Waals surface area contributed by atoms with Crippen LogP contribution < -0.4 is 5.32 Å². The van der Waals surface area contributed by atoms with Crippen LogP contribution in [0.3, 0.4) is 0 Å². The van der Waals surface area contributed by atoms with E-state index in [1.54, 1.807) is 0 Å². The predicted octanol–water partition coefficient (Wildman–Crippen LogP) is 3.35. The number of amides is 2. The normalized spacial score (nSPS) is 28.8. The molecule has 2 heterocycles. The fourth-order valence-electron chi connectivity index (χ4n) is 4.21. The monoisotopic (exact) mass is 314 g/mol. The summed E-state index contributed by atoms with van der Waals surface area (Å²) < 4.78 is 5.57. The van der Waals surface area contributed by atoms with Crippen LogP contribution in [0.2, 0.25) is 0 Å². The highest BCUT2D eigenvalue weighted by Gasteiger charge is 2.43. The SMILES string of the molecule is O=C(N[C@H](c1ccccc1)C1CCC1)N1CC[C@]2(CCOC2)C1. The Morgan fingerprint density at radius 3 is 2.74 bits per heavy atom. The maximum atomic E-state index is 12.8. The molecule has 1 spiro atoms. The van der Waals surface area contributed by atoms with E-state index in [-0.39, 0.29) is 17.5 Å². The molecule has 2 aliphatic heterocycles. The van der Waals surface area contributed by atoms with Gasteiger partial charge in [-0.3, -0.25) is 0 Å². The molecule has 4 nitrogen and oxygen atoms in total. The Morgan fingerprint density at radius 1 is 1.26 bits per heavy atom. The summed E-state index contributed by atoms with van der Waals surface area (Å²) in [6, 6.07) is 10.7. The van der Waals surface area contributed by atoms with Gasteiger partial charge in [-0.05, 0) is 37.2 Å². The van der Waals surface area contributed by atoms with E-state index in [1.165, 1.54) is 24.8 Å². The number of carbonyl (C=O) groups excluding carboxylic acids is 1. The van der Waals surface area contributed by atoms with Crippen molar-refractivity contribution in [3.8, 4) is 0 Å². The highest BCUT2D eigenvalue weighted by Crippen LogP contribution is 2.40. The molecule has 1 aromatic rings. The average molecular weight is 314 g/mol. The van der Waals surface area contributed by atoms with Crippen molar-refractivity contribution < 1.29 is 9.53 Å². The Kier molecular flexibility index (Phi) is 4.02. The van der Waals surface area contributed by atoms with Crippen molar-refractivity contribution >= 4 is 6.03 Å². The Bertz CT molecular complexity index is 550.